The largest absolute Gasteiger partial charge is 0.393 e. The van der Waals surface area contributed by atoms with Crippen LogP contribution in [0.3, 0.4) is 0 Å². The second kappa shape index (κ2) is 5.06. The summed E-state index contributed by atoms with van der Waals surface area (Å²) >= 11 is 0. The van der Waals surface area contributed by atoms with Gasteiger partial charge in [-0.25, -0.2) is 0 Å². The molecule has 3 saturated carbocycles. The van der Waals surface area contributed by atoms with E-state index in [2.05, 4.69) is 13.0 Å². The minimum absolute atomic E-state index is 0.0553. The fourth-order valence-corrected chi connectivity index (χ4v) is 6.99. The van der Waals surface area contributed by atoms with Gasteiger partial charge >= 0.3 is 0 Å². The Morgan fingerprint density at radius 1 is 1.00 bits per heavy atom. The Labute approximate surface area is 139 Å². The van der Waals surface area contributed by atoms with Crippen molar-refractivity contribution in [3.63, 3.8) is 0 Å². The fourth-order valence-electron chi connectivity index (χ4n) is 6.99. The highest BCUT2D eigenvalue weighted by molar-refractivity contribution is 5.22. The molecule has 4 aliphatic carbocycles. The Hall–Kier alpha value is -0.380. The summed E-state index contributed by atoms with van der Waals surface area (Å²) in [5, 5.41) is 10.5. The van der Waals surface area contributed by atoms with Crippen LogP contribution in [0.15, 0.2) is 11.6 Å². The van der Waals surface area contributed by atoms with Gasteiger partial charge in [-0.1, -0.05) is 12.5 Å². The Kier molecular flexibility index (Phi) is 3.28. The second-order valence-electron chi connectivity index (χ2n) is 8.98. The maximum absolute atomic E-state index is 10.5. The molecule has 0 radical (unpaired) electrons. The molecule has 1 spiro atoms. The summed E-state index contributed by atoms with van der Waals surface area (Å²) in [4.78, 5) is 0. The topological polar surface area (TPSA) is 38.7 Å². The minimum Gasteiger partial charge on any atom is -0.393 e. The first-order chi connectivity index (χ1) is 11.1. The predicted octanol–water partition coefficient (Wildman–Crippen LogP) is 3.66. The molecule has 4 fully saturated rings. The molecule has 23 heavy (non-hydrogen) atoms. The van der Waals surface area contributed by atoms with Gasteiger partial charge in [0.25, 0.3) is 0 Å². The molecule has 0 aromatic carbocycles. The van der Waals surface area contributed by atoms with Gasteiger partial charge in [-0.3, -0.25) is 0 Å². The van der Waals surface area contributed by atoms with E-state index in [4.69, 9.17) is 9.47 Å². The van der Waals surface area contributed by atoms with Crippen molar-refractivity contribution in [2.24, 2.45) is 29.1 Å². The molecule has 0 aromatic rings. The summed E-state index contributed by atoms with van der Waals surface area (Å²) in [6.45, 7) is 3.87. The van der Waals surface area contributed by atoms with Gasteiger partial charge in [0.1, 0.15) is 0 Å². The van der Waals surface area contributed by atoms with Gasteiger partial charge in [-0.15, -0.1) is 0 Å². The molecule has 6 atom stereocenters. The number of allylic oxidation sites excluding steroid dienone is 1. The lowest BCUT2D eigenvalue weighted by atomic mass is 9.52. The number of aliphatic hydroxyl groups is 1. The molecule has 1 saturated heterocycles. The molecular formula is C20H30O3. The van der Waals surface area contributed by atoms with Gasteiger partial charge < -0.3 is 14.6 Å². The predicted molar refractivity (Wildman–Crippen MR) is 87.7 cm³/mol. The van der Waals surface area contributed by atoms with Crippen molar-refractivity contribution in [2.45, 2.75) is 70.2 Å². The van der Waals surface area contributed by atoms with E-state index in [0.29, 0.717) is 0 Å². The van der Waals surface area contributed by atoms with E-state index in [0.717, 1.165) is 49.7 Å². The van der Waals surface area contributed by atoms with Crippen molar-refractivity contribution in [2.75, 3.05) is 13.2 Å². The van der Waals surface area contributed by atoms with E-state index in [1.165, 1.54) is 38.5 Å². The van der Waals surface area contributed by atoms with Gasteiger partial charge in [-0.05, 0) is 80.1 Å². The van der Waals surface area contributed by atoms with E-state index in [1.54, 1.807) is 5.57 Å². The zero-order chi connectivity index (χ0) is 15.7. The maximum atomic E-state index is 10.5. The highest BCUT2D eigenvalue weighted by Gasteiger charge is 2.56. The smallest absolute Gasteiger partial charge is 0.188 e. The molecule has 1 aliphatic heterocycles. The lowest BCUT2D eigenvalue weighted by molar-refractivity contribution is -0.135. The first kappa shape index (κ1) is 14.9. The van der Waals surface area contributed by atoms with Gasteiger partial charge in [-0.2, -0.15) is 0 Å². The molecule has 1 heterocycles. The van der Waals surface area contributed by atoms with Crippen LogP contribution in [0, 0.1) is 29.1 Å². The molecule has 0 bridgehead atoms. The summed E-state index contributed by atoms with van der Waals surface area (Å²) in [5.41, 5.74) is 1.83. The summed E-state index contributed by atoms with van der Waals surface area (Å²) < 4.78 is 11.9. The van der Waals surface area contributed by atoms with Gasteiger partial charge in [0.2, 0.25) is 0 Å². The normalized spacial score (nSPS) is 51.0. The van der Waals surface area contributed by atoms with Crippen LogP contribution in [0.5, 0.6) is 0 Å². The van der Waals surface area contributed by atoms with Crippen LogP contribution in [0.4, 0.5) is 0 Å². The highest BCUT2D eigenvalue weighted by Crippen LogP contribution is 2.62. The third-order valence-corrected chi connectivity index (χ3v) is 8.19. The molecule has 5 aliphatic rings. The second-order valence-corrected chi connectivity index (χ2v) is 8.98. The van der Waals surface area contributed by atoms with Crippen molar-refractivity contribution in [1.29, 1.82) is 0 Å². The third-order valence-electron chi connectivity index (χ3n) is 8.19. The number of rotatable bonds is 0. The van der Waals surface area contributed by atoms with E-state index in [-0.39, 0.29) is 17.3 Å². The van der Waals surface area contributed by atoms with Crippen molar-refractivity contribution in [1.82, 2.24) is 0 Å². The van der Waals surface area contributed by atoms with Crippen molar-refractivity contribution >= 4 is 0 Å². The number of hydrogen-bond acceptors (Lipinski definition) is 3. The fraction of sp³-hybridized carbons (Fsp3) is 0.900. The average Bonchev–Trinajstić information content (AvgIpc) is 3.12. The first-order valence-electron chi connectivity index (χ1n) is 9.79. The van der Waals surface area contributed by atoms with Crippen LogP contribution < -0.4 is 0 Å². The van der Waals surface area contributed by atoms with Crippen LogP contribution in [-0.2, 0) is 9.47 Å². The molecule has 5 rings (SSSR count). The van der Waals surface area contributed by atoms with Crippen LogP contribution in [0.25, 0.3) is 0 Å². The SMILES string of the molecule is C[C@@]12CCC3C4CCC5(C=C4CCC3C1CC[C@H]2O)OCCO5. The van der Waals surface area contributed by atoms with Gasteiger partial charge in [0, 0.05) is 6.42 Å². The van der Waals surface area contributed by atoms with E-state index >= 15 is 0 Å². The zero-order valence-corrected chi connectivity index (χ0v) is 14.3. The Morgan fingerprint density at radius 3 is 2.65 bits per heavy atom. The van der Waals surface area contributed by atoms with Crippen LogP contribution >= 0.6 is 0 Å². The van der Waals surface area contributed by atoms with E-state index in [1.807, 2.05) is 0 Å². The molecule has 1 N–H and O–H groups in total. The molecule has 0 aromatic heterocycles. The number of ether oxygens (including phenoxy) is 2. The van der Waals surface area contributed by atoms with Crippen LogP contribution in [-0.4, -0.2) is 30.2 Å². The summed E-state index contributed by atoms with van der Waals surface area (Å²) in [5.74, 6) is 2.83. The zero-order valence-electron chi connectivity index (χ0n) is 14.3. The molecular weight excluding hydrogens is 288 g/mol. The standard InChI is InChI=1S/C20H30O3/c1-19-8-6-15-14-7-9-20(22-10-11-23-20)12-13(14)2-3-16(15)17(19)4-5-18(19)21/h12,14-18,21H,2-11H2,1H3/t14?,15?,16?,17?,18-,19-/m1/s1. The monoisotopic (exact) mass is 318 g/mol. The number of hydrogen-bond donors (Lipinski definition) is 1. The summed E-state index contributed by atoms with van der Waals surface area (Å²) in [7, 11) is 0. The lowest BCUT2D eigenvalue weighted by Crippen LogP contribution is -2.48. The maximum Gasteiger partial charge on any atom is 0.188 e. The first-order valence-corrected chi connectivity index (χ1v) is 9.79. The molecule has 3 nitrogen and oxygen atoms in total. The average molecular weight is 318 g/mol. The Morgan fingerprint density at radius 2 is 1.83 bits per heavy atom. The molecule has 0 amide bonds. The Bertz CT molecular complexity index is 521. The van der Waals surface area contributed by atoms with E-state index < -0.39 is 0 Å². The van der Waals surface area contributed by atoms with Gasteiger partial charge in [0.15, 0.2) is 5.79 Å². The van der Waals surface area contributed by atoms with Crippen molar-refractivity contribution in [3.8, 4) is 0 Å². The third kappa shape index (κ3) is 2.06. The lowest BCUT2D eigenvalue weighted by Gasteiger charge is -2.54. The Balaban J connectivity index is 1.42. The van der Waals surface area contributed by atoms with Crippen LogP contribution in [0.1, 0.15) is 58.3 Å². The summed E-state index contributed by atoms with van der Waals surface area (Å²) in [6, 6.07) is 0. The summed E-state index contributed by atoms with van der Waals surface area (Å²) in [6.07, 6.45) is 11.9. The van der Waals surface area contributed by atoms with Crippen LogP contribution in [0.2, 0.25) is 0 Å². The minimum atomic E-state index is -0.370. The molecule has 4 unspecified atom stereocenters. The van der Waals surface area contributed by atoms with Crippen molar-refractivity contribution in [3.05, 3.63) is 11.6 Å². The molecule has 3 heteroatoms. The quantitative estimate of drug-likeness (QED) is 0.693. The van der Waals surface area contributed by atoms with Crippen molar-refractivity contribution < 1.29 is 14.6 Å². The molecule has 128 valence electrons. The highest BCUT2D eigenvalue weighted by atomic mass is 16.7. The van der Waals surface area contributed by atoms with Gasteiger partial charge in [0.05, 0.1) is 19.3 Å². The number of aliphatic hydroxyl groups excluding tert-OH is 1. The number of fused-ring (bicyclic) bond motifs is 5. The van der Waals surface area contributed by atoms with E-state index in [9.17, 15) is 5.11 Å².